The number of thioether (sulfide) groups is 1. The smallest absolute Gasteiger partial charge is 0.294 e. The third-order valence-corrected chi connectivity index (χ3v) is 6.34. The van der Waals surface area contributed by atoms with Crippen LogP contribution in [0.15, 0.2) is 51.8 Å². The van der Waals surface area contributed by atoms with E-state index in [4.69, 9.17) is 16.3 Å². The van der Waals surface area contributed by atoms with E-state index < -0.39 is 23.6 Å². The Kier molecular flexibility index (Phi) is 7.80. The van der Waals surface area contributed by atoms with Crippen molar-refractivity contribution in [3.63, 3.8) is 0 Å². The lowest BCUT2D eigenvalue weighted by atomic mass is 10.2. The molecule has 2 aromatic rings. The summed E-state index contributed by atoms with van der Waals surface area (Å²) in [4.78, 5) is 38.5. The van der Waals surface area contributed by atoms with Gasteiger partial charge < -0.3 is 10.1 Å². The highest BCUT2D eigenvalue weighted by Gasteiger charge is 2.36. The van der Waals surface area contributed by atoms with Gasteiger partial charge in [-0.15, -0.1) is 0 Å². The molecule has 1 fully saturated rings. The standard InChI is InChI=1S/C22H20BrClN2O4S/c1-3-13(2)30-18-9-8-14(10-15(18)23)11-19-21(28)26(22(29)31-19)12-20(27)25-17-7-5-4-6-16(17)24/h4-11,13H,3,12H2,1-2H3,(H,25,27)/b19-11+/t13-/m1/s1. The van der Waals surface area contributed by atoms with Crippen LogP contribution in [-0.4, -0.2) is 34.6 Å². The summed E-state index contributed by atoms with van der Waals surface area (Å²) in [6.45, 7) is 3.63. The summed E-state index contributed by atoms with van der Waals surface area (Å²) in [6.07, 6.45) is 2.58. The topological polar surface area (TPSA) is 75.7 Å². The molecule has 3 rings (SSSR count). The molecule has 162 valence electrons. The highest BCUT2D eigenvalue weighted by Crippen LogP contribution is 2.34. The first-order valence-electron chi connectivity index (χ1n) is 9.54. The first kappa shape index (κ1) is 23.4. The number of anilines is 1. The maximum absolute atomic E-state index is 12.7. The van der Waals surface area contributed by atoms with Gasteiger partial charge in [-0.25, -0.2) is 0 Å². The van der Waals surface area contributed by atoms with Crippen molar-refractivity contribution in [3.05, 3.63) is 62.4 Å². The second kappa shape index (κ2) is 10.3. The van der Waals surface area contributed by atoms with E-state index in [1.54, 1.807) is 36.4 Å². The van der Waals surface area contributed by atoms with Crippen LogP contribution < -0.4 is 10.1 Å². The number of para-hydroxylation sites is 1. The molecule has 0 unspecified atom stereocenters. The van der Waals surface area contributed by atoms with Crippen molar-refractivity contribution >= 4 is 68.1 Å². The lowest BCUT2D eigenvalue weighted by Gasteiger charge is -2.14. The maximum Gasteiger partial charge on any atom is 0.294 e. The van der Waals surface area contributed by atoms with Crippen LogP contribution in [0.3, 0.4) is 0 Å². The molecular formula is C22H20BrClN2O4S. The zero-order valence-corrected chi connectivity index (χ0v) is 20.0. The molecule has 0 aliphatic carbocycles. The lowest BCUT2D eigenvalue weighted by Crippen LogP contribution is -2.36. The molecule has 1 aliphatic rings. The molecule has 0 aromatic heterocycles. The second-order valence-corrected chi connectivity index (χ2v) is 9.08. The van der Waals surface area contributed by atoms with Gasteiger partial charge in [0.15, 0.2) is 0 Å². The minimum absolute atomic E-state index is 0.0792. The fraction of sp³-hybridized carbons (Fsp3) is 0.227. The largest absolute Gasteiger partial charge is 0.490 e. The molecule has 1 N–H and O–H groups in total. The SMILES string of the molecule is CC[C@@H](C)Oc1ccc(/C=C2/SC(=O)N(CC(=O)Nc3ccccc3Cl)C2=O)cc1Br. The Morgan fingerprint density at radius 3 is 2.71 bits per heavy atom. The highest BCUT2D eigenvalue weighted by atomic mass is 79.9. The van der Waals surface area contributed by atoms with Gasteiger partial charge in [0.05, 0.1) is 26.2 Å². The van der Waals surface area contributed by atoms with Gasteiger partial charge in [-0.1, -0.05) is 36.7 Å². The predicted octanol–water partition coefficient (Wildman–Crippen LogP) is 5.95. The van der Waals surface area contributed by atoms with Crippen molar-refractivity contribution in [1.29, 1.82) is 0 Å². The van der Waals surface area contributed by atoms with E-state index >= 15 is 0 Å². The Balaban J connectivity index is 1.69. The number of carbonyl (C=O) groups excluding carboxylic acids is 3. The first-order chi connectivity index (χ1) is 14.8. The molecule has 1 heterocycles. The van der Waals surface area contributed by atoms with E-state index in [1.165, 1.54) is 0 Å². The molecule has 1 aliphatic heterocycles. The number of ether oxygens (including phenoxy) is 1. The molecule has 0 spiro atoms. The van der Waals surface area contributed by atoms with Crippen molar-refractivity contribution in [2.45, 2.75) is 26.4 Å². The Bertz CT molecular complexity index is 1060. The number of amides is 3. The van der Waals surface area contributed by atoms with E-state index in [0.29, 0.717) is 16.5 Å². The third-order valence-electron chi connectivity index (χ3n) is 4.48. The van der Waals surface area contributed by atoms with Crippen LogP contribution in [0.5, 0.6) is 5.75 Å². The number of hydrogen-bond donors (Lipinski definition) is 1. The van der Waals surface area contributed by atoms with Crippen molar-refractivity contribution in [2.24, 2.45) is 0 Å². The number of hydrogen-bond acceptors (Lipinski definition) is 5. The molecule has 3 amide bonds. The van der Waals surface area contributed by atoms with Crippen LogP contribution in [0.1, 0.15) is 25.8 Å². The highest BCUT2D eigenvalue weighted by molar-refractivity contribution is 9.10. The Morgan fingerprint density at radius 1 is 1.29 bits per heavy atom. The van der Waals surface area contributed by atoms with Crippen molar-refractivity contribution < 1.29 is 19.1 Å². The Hall–Kier alpha value is -2.29. The summed E-state index contributed by atoms with van der Waals surface area (Å²) in [5.74, 6) is -0.317. The number of carbonyl (C=O) groups is 3. The molecule has 0 bridgehead atoms. The zero-order valence-electron chi connectivity index (χ0n) is 16.9. The minimum atomic E-state index is -0.514. The van der Waals surface area contributed by atoms with Crippen molar-refractivity contribution in [3.8, 4) is 5.75 Å². The van der Waals surface area contributed by atoms with Gasteiger partial charge in [0.1, 0.15) is 12.3 Å². The van der Waals surface area contributed by atoms with Crippen LogP contribution in [0.2, 0.25) is 5.02 Å². The van der Waals surface area contributed by atoms with E-state index in [9.17, 15) is 14.4 Å². The van der Waals surface area contributed by atoms with E-state index in [-0.39, 0.29) is 11.0 Å². The van der Waals surface area contributed by atoms with Gasteiger partial charge in [-0.05, 0) is 76.9 Å². The van der Waals surface area contributed by atoms with Gasteiger partial charge in [-0.2, -0.15) is 0 Å². The Morgan fingerprint density at radius 2 is 2.03 bits per heavy atom. The summed E-state index contributed by atoms with van der Waals surface area (Å²) in [5.41, 5.74) is 1.15. The summed E-state index contributed by atoms with van der Waals surface area (Å²) in [7, 11) is 0. The summed E-state index contributed by atoms with van der Waals surface area (Å²) < 4.78 is 6.57. The molecule has 1 saturated heterocycles. The van der Waals surface area contributed by atoms with Crippen molar-refractivity contribution in [1.82, 2.24) is 4.90 Å². The first-order valence-corrected chi connectivity index (χ1v) is 11.5. The number of imide groups is 1. The fourth-order valence-electron chi connectivity index (χ4n) is 2.69. The van der Waals surface area contributed by atoms with Crippen LogP contribution in [0.4, 0.5) is 10.5 Å². The molecular weight excluding hydrogens is 504 g/mol. The molecule has 1 atom stereocenters. The van der Waals surface area contributed by atoms with Gasteiger partial charge in [0.2, 0.25) is 5.91 Å². The molecule has 9 heteroatoms. The summed E-state index contributed by atoms with van der Waals surface area (Å²) in [5, 5.41) is 2.48. The average Bonchev–Trinajstić information content (AvgIpc) is 2.99. The maximum atomic E-state index is 12.7. The van der Waals surface area contributed by atoms with Crippen LogP contribution >= 0.6 is 39.3 Å². The van der Waals surface area contributed by atoms with Crippen LogP contribution in [-0.2, 0) is 9.59 Å². The monoisotopic (exact) mass is 522 g/mol. The lowest BCUT2D eigenvalue weighted by molar-refractivity contribution is -0.127. The molecule has 31 heavy (non-hydrogen) atoms. The number of benzene rings is 2. The summed E-state index contributed by atoms with van der Waals surface area (Å²) >= 11 is 10.3. The second-order valence-electron chi connectivity index (χ2n) is 6.82. The quantitative estimate of drug-likeness (QED) is 0.454. The predicted molar refractivity (Wildman–Crippen MR) is 127 cm³/mol. The van der Waals surface area contributed by atoms with Gasteiger partial charge in [0, 0.05) is 0 Å². The number of nitrogens with one attached hydrogen (secondary N) is 1. The zero-order chi connectivity index (χ0) is 22.5. The summed E-state index contributed by atoms with van der Waals surface area (Å²) in [6, 6.07) is 12.2. The normalized spacial score (nSPS) is 16.0. The number of halogens is 2. The van der Waals surface area contributed by atoms with Gasteiger partial charge >= 0.3 is 0 Å². The van der Waals surface area contributed by atoms with E-state index in [2.05, 4.69) is 21.2 Å². The molecule has 0 radical (unpaired) electrons. The van der Waals surface area contributed by atoms with Gasteiger partial charge in [-0.3, -0.25) is 19.3 Å². The Labute approximate surface area is 198 Å². The molecule has 0 saturated carbocycles. The van der Waals surface area contributed by atoms with Gasteiger partial charge in [0.25, 0.3) is 11.1 Å². The van der Waals surface area contributed by atoms with Crippen LogP contribution in [0.25, 0.3) is 6.08 Å². The fourth-order valence-corrected chi connectivity index (χ4v) is 4.20. The number of nitrogens with zero attached hydrogens (tertiary/aromatic N) is 1. The average molecular weight is 524 g/mol. The van der Waals surface area contributed by atoms with Crippen LogP contribution in [0, 0.1) is 0 Å². The molecule has 6 nitrogen and oxygen atoms in total. The molecule has 2 aromatic carbocycles. The van der Waals surface area contributed by atoms with E-state index in [0.717, 1.165) is 33.1 Å². The third kappa shape index (κ3) is 5.90. The van der Waals surface area contributed by atoms with Crippen molar-refractivity contribution in [2.75, 3.05) is 11.9 Å². The van der Waals surface area contributed by atoms with E-state index in [1.807, 2.05) is 26.0 Å². The minimum Gasteiger partial charge on any atom is -0.490 e. The number of rotatable bonds is 7.